The number of hydrogen-bond acceptors (Lipinski definition) is 1. The van der Waals surface area contributed by atoms with Crippen LogP contribution in [0.25, 0.3) is 0 Å². The summed E-state index contributed by atoms with van der Waals surface area (Å²) >= 11 is 11.1. The molecule has 0 aromatic heterocycles. The molecule has 49 valence electrons. The number of aliphatic hydroxyl groups is 1. The first-order chi connectivity index (χ1) is 4.22. The second kappa shape index (κ2) is 2.63. The van der Waals surface area contributed by atoms with Crippen molar-refractivity contribution in [2.75, 3.05) is 0 Å². The summed E-state index contributed by atoms with van der Waals surface area (Å²) in [6.45, 7) is 0. The van der Waals surface area contributed by atoms with Gasteiger partial charge in [0.2, 0.25) is 0 Å². The number of allylic oxidation sites excluding steroid dienone is 3. The molecular weight excluding hydrogens is 159 g/mol. The normalized spacial score (nSPS) is 20.0. The smallest absolute Gasteiger partial charge is 0.131 e. The summed E-state index contributed by atoms with van der Waals surface area (Å²) in [5.41, 5.74) is 0. The van der Waals surface area contributed by atoms with Gasteiger partial charge >= 0.3 is 0 Å². The van der Waals surface area contributed by atoms with Crippen LogP contribution in [0.15, 0.2) is 21.9 Å². The minimum absolute atomic E-state index is 0.0733. The summed E-state index contributed by atoms with van der Waals surface area (Å²) < 4.78 is 0. The topological polar surface area (TPSA) is 20.2 Å². The van der Waals surface area contributed by atoms with E-state index in [0.717, 1.165) is 0 Å². The highest BCUT2D eigenvalue weighted by Gasteiger charge is 2.10. The third-order valence-electron chi connectivity index (χ3n) is 1.04. The standard InChI is InChI=1S/C6H5Cl2O/c7-4-2-1-3-5(9)6(4)8/h2-3,9H,1H2. The molecule has 0 aromatic rings. The van der Waals surface area contributed by atoms with Gasteiger partial charge in [-0.2, -0.15) is 0 Å². The minimum Gasteiger partial charge on any atom is -0.507 e. The fourth-order valence-corrected chi connectivity index (χ4v) is 0.916. The average molecular weight is 164 g/mol. The summed E-state index contributed by atoms with van der Waals surface area (Å²) in [7, 11) is 0. The fraction of sp³-hybridized carbons (Fsp3) is 0.167. The first kappa shape index (κ1) is 6.97. The van der Waals surface area contributed by atoms with Gasteiger partial charge in [-0.1, -0.05) is 23.2 Å². The summed E-state index contributed by atoms with van der Waals surface area (Å²) in [6.07, 6.45) is 4.00. The maximum absolute atomic E-state index is 8.91. The van der Waals surface area contributed by atoms with E-state index in [-0.39, 0.29) is 10.8 Å². The zero-order chi connectivity index (χ0) is 6.85. The second-order valence-corrected chi connectivity index (χ2v) is 2.48. The molecule has 0 heterocycles. The molecule has 1 aliphatic rings. The van der Waals surface area contributed by atoms with E-state index in [0.29, 0.717) is 11.5 Å². The van der Waals surface area contributed by atoms with Crippen molar-refractivity contribution in [2.24, 2.45) is 0 Å². The van der Waals surface area contributed by atoms with Gasteiger partial charge in [0.1, 0.15) is 5.76 Å². The third kappa shape index (κ3) is 1.41. The van der Waals surface area contributed by atoms with Crippen molar-refractivity contribution >= 4 is 23.2 Å². The van der Waals surface area contributed by atoms with E-state index in [4.69, 9.17) is 28.3 Å². The molecule has 9 heavy (non-hydrogen) atoms. The van der Waals surface area contributed by atoms with E-state index in [9.17, 15) is 0 Å². The molecule has 0 unspecified atom stereocenters. The van der Waals surface area contributed by atoms with Crippen LogP contribution in [0.5, 0.6) is 0 Å². The molecule has 0 fully saturated rings. The molecule has 0 atom stereocenters. The lowest BCUT2D eigenvalue weighted by Crippen LogP contribution is -1.91. The molecule has 0 saturated heterocycles. The Balaban J connectivity index is 2.88. The first-order valence-electron chi connectivity index (χ1n) is 2.50. The highest BCUT2D eigenvalue weighted by atomic mass is 35.5. The molecule has 3 heteroatoms. The van der Waals surface area contributed by atoms with Crippen LogP contribution < -0.4 is 0 Å². The SMILES string of the molecule is OC1=CC[CH]C(Cl)=C1Cl. The van der Waals surface area contributed by atoms with Crippen LogP contribution in [0.4, 0.5) is 0 Å². The highest BCUT2D eigenvalue weighted by Crippen LogP contribution is 2.27. The van der Waals surface area contributed by atoms with Crippen molar-refractivity contribution in [1.29, 1.82) is 0 Å². The van der Waals surface area contributed by atoms with Crippen LogP contribution in [0.3, 0.4) is 0 Å². The average Bonchev–Trinajstić information content (AvgIpc) is 1.83. The Morgan fingerprint density at radius 2 is 2.11 bits per heavy atom. The summed E-state index contributed by atoms with van der Waals surface area (Å²) in [5.74, 6) is 0.0733. The molecule has 0 aliphatic heterocycles. The van der Waals surface area contributed by atoms with Gasteiger partial charge in [-0.25, -0.2) is 0 Å². The van der Waals surface area contributed by atoms with Crippen LogP contribution >= 0.6 is 23.2 Å². The van der Waals surface area contributed by atoms with Crippen LogP contribution in [-0.2, 0) is 0 Å². The van der Waals surface area contributed by atoms with Gasteiger partial charge < -0.3 is 5.11 Å². The van der Waals surface area contributed by atoms with Crippen molar-refractivity contribution in [3.63, 3.8) is 0 Å². The quantitative estimate of drug-likeness (QED) is 0.583. The maximum Gasteiger partial charge on any atom is 0.131 e. The monoisotopic (exact) mass is 163 g/mol. The second-order valence-electron chi connectivity index (χ2n) is 1.69. The molecule has 1 rings (SSSR count). The highest BCUT2D eigenvalue weighted by molar-refractivity contribution is 6.41. The lowest BCUT2D eigenvalue weighted by molar-refractivity contribution is 0.425. The van der Waals surface area contributed by atoms with E-state index >= 15 is 0 Å². The van der Waals surface area contributed by atoms with Crippen LogP contribution in [0.1, 0.15) is 6.42 Å². The van der Waals surface area contributed by atoms with Gasteiger partial charge in [0.25, 0.3) is 0 Å². The van der Waals surface area contributed by atoms with E-state index in [2.05, 4.69) is 0 Å². The van der Waals surface area contributed by atoms with Gasteiger partial charge in [-0.15, -0.1) is 0 Å². The van der Waals surface area contributed by atoms with Gasteiger partial charge in [0, 0.05) is 11.5 Å². The van der Waals surface area contributed by atoms with E-state index in [1.54, 1.807) is 12.5 Å². The van der Waals surface area contributed by atoms with Crippen LogP contribution in [0, 0.1) is 6.42 Å². The van der Waals surface area contributed by atoms with Crippen LogP contribution in [0.2, 0.25) is 0 Å². The molecule has 0 saturated carbocycles. The Labute approximate surface area is 63.6 Å². The lowest BCUT2D eigenvalue weighted by Gasteiger charge is -2.06. The largest absolute Gasteiger partial charge is 0.507 e. The summed E-state index contributed by atoms with van der Waals surface area (Å²) in [6, 6.07) is 0. The fourth-order valence-electron chi connectivity index (χ4n) is 0.576. The molecule has 0 spiro atoms. The Hall–Kier alpha value is -0.140. The number of aliphatic hydroxyl groups excluding tert-OH is 1. The summed E-state index contributed by atoms with van der Waals surface area (Å²) in [4.78, 5) is 0. The van der Waals surface area contributed by atoms with E-state index in [1.165, 1.54) is 0 Å². The Morgan fingerprint density at radius 3 is 2.56 bits per heavy atom. The molecule has 0 aromatic carbocycles. The van der Waals surface area contributed by atoms with Gasteiger partial charge in [0.05, 0.1) is 5.03 Å². The van der Waals surface area contributed by atoms with Crippen LogP contribution in [-0.4, -0.2) is 5.11 Å². The van der Waals surface area contributed by atoms with Gasteiger partial charge in [-0.3, -0.25) is 0 Å². The Bertz CT molecular complexity index is 181. The molecule has 1 nitrogen and oxygen atoms in total. The van der Waals surface area contributed by atoms with E-state index in [1.807, 2.05) is 0 Å². The Kier molecular flexibility index (Phi) is 2.04. The lowest BCUT2D eigenvalue weighted by atomic mass is 10.2. The third-order valence-corrected chi connectivity index (χ3v) is 1.88. The molecule has 1 N–H and O–H groups in total. The molecule has 1 radical (unpaired) electrons. The molecule has 0 amide bonds. The molecular formula is C6H5Cl2O. The maximum atomic E-state index is 8.91. The predicted molar refractivity (Wildman–Crippen MR) is 38.4 cm³/mol. The van der Waals surface area contributed by atoms with Gasteiger partial charge in [-0.05, 0) is 12.5 Å². The minimum atomic E-state index is 0.0733. The molecule has 1 aliphatic carbocycles. The van der Waals surface area contributed by atoms with E-state index < -0.39 is 0 Å². The van der Waals surface area contributed by atoms with Crippen molar-refractivity contribution in [1.82, 2.24) is 0 Å². The number of hydrogen-bond donors (Lipinski definition) is 1. The summed E-state index contributed by atoms with van der Waals surface area (Å²) in [5, 5.41) is 9.58. The van der Waals surface area contributed by atoms with Gasteiger partial charge in [0.15, 0.2) is 0 Å². The van der Waals surface area contributed by atoms with Crippen molar-refractivity contribution in [3.05, 3.63) is 28.3 Å². The van der Waals surface area contributed by atoms with Crippen molar-refractivity contribution < 1.29 is 5.11 Å². The zero-order valence-electron chi connectivity index (χ0n) is 4.56. The Morgan fingerprint density at radius 1 is 1.44 bits per heavy atom. The number of halogens is 2. The first-order valence-corrected chi connectivity index (χ1v) is 3.25. The number of rotatable bonds is 0. The van der Waals surface area contributed by atoms with Crippen molar-refractivity contribution in [2.45, 2.75) is 6.42 Å². The zero-order valence-corrected chi connectivity index (χ0v) is 6.08. The molecule has 0 bridgehead atoms. The predicted octanol–water partition coefficient (Wildman–Crippen LogP) is 2.73. The van der Waals surface area contributed by atoms with Crippen molar-refractivity contribution in [3.8, 4) is 0 Å².